The molecule has 5 nitrogen and oxygen atoms in total. The van der Waals surface area contributed by atoms with Gasteiger partial charge in [0.1, 0.15) is 24.1 Å². The maximum absolute atomic E-state index is 13.6. The number of halogens is 2. The van der Waals surface area contributed by atoms with Gasteiger partial charge < -0.3 is 9.64 Å². The van der Waals surface area contributed by atoms with Crippen molar-refractivity contribution >= 4 is 5.82 Å². The molecule has 0 aliphatic carbocycles. The summed E-state index contributed by atoms with van der Waals surface area (Å²) in [4.78, 5) is 17.8. The molecule has 0 fully saturated rings. The smallest absolute Gasteiger partial charge is 0.352 e. The summed E-state index contributed by atoms with van der Waals surface area (Å²) in [5.74, 6) is -0.502. The summed E-state index contributed by atoms with van der Waals surface area (Å²) < 4.78 is 33.4. The monoisotopic (exact) mass is 307 g/mol. The molecule has 2 aromatic rings. The van der Waals surface area contributed by atoms with Crippen LogP contribution in [0.4, 0.5) is 14.6 Å². The van der Waals surface area contributed by atoms with E-state index in [4.69, 9.17) is 4.74 Å². The second kappa shape index (κ2) is 5.40. The van der Waals surface area contributed by atoms with Gasteiger partial charge in [-0.25, -0.2) is 13.6 Å². The highest BCUT2D eigenvalue weighted by atomic mass is 19.1. The Morgan fingerprint density at radius 3 is 2.86 bits per heavy atom. The van der Waals surface area contributed by atoms with Crippen LogP contribution in [0.2, 0.25) is 0 Å². The number of anilines is 1. The first-order valence-corrected chi connectivity index (χ1v) is 6.87. The Bertz CT molecular complexity index is 776. The Morgan fingerprint density at radius 1 is 1.36 bits per heavy atom. The van der Waals surface area contributed by atoms with Crippen LogP contribution in [0.3, 0.4) is 0 Å². The van der Waals surface area contributed by atoms with E-state index in [0.717, 1.165) is 12.1 Å². The minimum absolute atomic E-state index is 0.124. The Kier molecular flexibility index (Phi) is 3.56. The van der Waals surface area contributed by atoms with Crippen LogP contribution in [0.1, 0.15) is 12.5 Å². The first kappa shape index (κ1) is 14.5. The van der Waals surface area contributed by atoms with Crippen molar-refractivity contribution in [1.82, 2.24) is 9.55 Å². The Morgan fingerprint density at radius 2 is 2.14 bits per heavy atom. The third-order valence-electron chi connectivity index (χ3n) is 3.83. The number of aromatic nitrogens is 2. The number of hydrogen-bond acceptors (Lipinski definition) is 4. The molecule has 0 saturated carbocycles. The van der Waals surface area contributed by atoms with Crippen LogP contribution in [0.5, 0.6) is 5.88 Å². The van der Waals surface area contributed by atoms with Gasteiger partial charge in [-0.15, -0.1) is 0 Å². The Hall–Kier alpha value is -2.44. The number of nitrogens with zero attached hydrogens (tertiary/aromatic N) is 3. The molecular formula is C15H15F2N3O2. The molecule has 1 aliphatic rings. The molecule has 0 amide bonds. The fourth-order valence-corrected chi connectivity index (χ4v) is 2.41. The van der Waals surface area contributed by atoms with E-state index < -0.39 is 17.3 Å². The maximum atomic E-state index is 13.6. The topological polar surface area (TPSA) is 47.4 Å². The van der Waals surface area contributed by atoms with Crippen molar-refractivity contribution in [2.24, 2.45) is 0 Å². The van der Waals surface area contributed by atoms with Gasteiger partial charge in [-0.2, -0.15) is 4.98 Å². The van der Waals surface area contributed by atoms with E-state index in [0.29, 0.717) is 12.4 Å². The van der Waals surface area contributed by atoms with Crippen LogP contribution in [-0.2, 0) is 13.2 Å². The molecule has 1 atom stereocenters. The van der Waals surface area contributed by atoms with Gasteiger partial charge in [0.15, 0.2) is 0 Å². The van der Waals surface area contributed by atoms with Crippen molar-refractivity contribution in [3.63, 3.8) is 0 Å². The Balaban J connectivity index is 1.82. The molecule has 1 aromatic carbocycles. The zero-order chi connectivity index (χ0) is 15.9. The maximum Gasteiger partial charge on any atom is 0.352 e. The van der Waals surface area contributed by atoms with Gasteiger partial charge in [0.05, 0.1) is 0 Å². The lowest BCUT2D eigenvalue weighted by molar-refractivity contribution is 0.285. The molecule has 7 heteroatoms. The molecule has 1 aromatic heterocycles. The zero-order valence-corrected chi connectivity index (χ0v) is 12.2. The average molecular weight is 307 g/mol. The molecule has 0 bridgehead atoms. The van der Waals surface area contributed by atoms with E-state index in [1.165, 1.54) is 6.07 Å². The van der Waals surface area contributed by atoms with Crippen LogP contribution >= 0.6 is 0 Å². The van der Waals surface area contributed by atoms with Gasteiger partial charge >= 0.3 is 5.69 Å². The molecule has 1 unspecified atom stereocenters. The fraction of sp³-hybridized carbons (Fsp3) is 0.333. The van der Waals surface area contributed by atoms with E-state index in [2.05, 4.69) is 4.98 Å². The lowest BCUT2D eigenvalue weighted by atomic mass is 10.2. The number of hydrogen-bond donors (Lipinski definition) is 0. The third kappa shape index (κ3) is 2.54. The van der Waals surface area contributed by atoms with E-state index in [-0.39, 0.29) is 24.1 Å². The lowest BCUT2D eigenvalue weighted by Crippen LogP contribution is -2.23. The molecular weight excluding hydrogens is 292 g/mol. The molecule has 22 heavy (non-hydrogen) atoms. The van der Waals surface area contributed by atoms with Crippen molar-refractivity contribution in [3.8, 4) is 5.88 Å². The largest absolute Gasteiger partial charge is 0.472 e. The van der Waals surface area contributed by atoms with Crippen molar-refractivity contribution in [2.45, 2.75) is 26.1 Å². The van der Waals surface area contributed by atoms with Gasteiger partial charge in [0.25, 0.3) is 0 Å². The van der Waals surface area contributed by atoms with Gasteiger partial charge in [-0.05, 0) is 19.1 Å². The minimum Gasteiger partial charge on any atom is -0.472 e. The van der Waals surface area contributed by atoms with E-state index in [1.54, 1.807) is 10.6 Å². The standard InChI is InChI=1S/C15H15F2N3O2/c1-9-7-20-14(19(9)2)6-13(18-15(20)21)22-8-10-3-4-11(16)5-12(10)17/h3-6,9H,7-8H2,1-2H3. The molecule has 0 N–H and O–H groups in total. The SMILES string of the molecule is CC1Cn2c(cc(OCc3ccc(F)cc3F)nc2=O)N1C. The normalized spacial score (nSPS) is 16.7. The zero-order valence-electron chi connectivity index (χ0n) is 12.2. The van der Waals surface area contributed by atoms with Crippen molar-refractivity contribution in [1.29, 1.82) is 0 Å². The summed E-state index contributed by atoms with van der Waals surface area (Å²) in [6.45, 7) is 2.45. The number of ether oxygens (including phenoxy) is 1. The van der Waals surface area contributed by atoms with Gasteiger partial charge in [0, 0.05) is 37.3 Å². The predicted molar refractivity (Wildman–Crippen MR) is 77.1 cm³/mol. The second-order valence-electron chi connectivity index (χ2n) is 5.33. The number of rotatable bonds is 3. The summed E-state index contributed by atoms with van der Waals surface area (Å²) in [5.41, 5.74) is -0.200. The van der Waals surface area contributed by atoms with Crippen LogP contribution in [0, 0.1) is 11.6 Å². The number of fused-ring (bicyclic) bond motifs is 1. The van der Waals surface area contributed by atoms with E-state index >= 15 is 0 Å². The van der Waals surface area contributed by atoms with Crippen LogP contribution in [0.25, 0.3) is 0 Å². The summed E-state index contributed by atoms with van der Waals surface area (Å²) in [7, 11) is 1.88. The first-order valence-electron chi connectivity index (χ1n) is 6.87. The van der Waals surface area contributed by atoms with Crippen LogP contribution in [-0.4, -0.2) is 22.6 Å². The summed E-state index contributed by atoms with van der Waals surface area (Å²) in [6, 6.07) is 5.09. The summed E-state index contributed by atoms with van der Waals surface area (Å²) in [5, 5.41) is 0. The Labute approximate surface area is 125 Å². The number of likely N-dealkylation sites (N-methyl/N-ethyl adjacent to an activating group) is 1. The second-order valence-corrected chi connectivity index (χ2v) is 5.33. The van der Waals surface area contributed by atoms with Crippen LogP contribution < -0.4 is 15.3 Å². The molecule has 116 valence electrons. The molecule has 2 heterocycles. The first-order chi connectivity index (χ1) is 10.5. The fourth-order valence-electron chi connectivity index (χ4n) is 2.41. The highest BCUT2D eigenvalue weighted by Gasteiger charge is 2.25. The van der Waals surface area contributed by atoms with Crippen LogP contribution in [0.15, 0.2) is 29.1 Å². The van der Waals surface area contributed by atoms with E-state index in [1.807, 2.05) is 18.9 Å². The highest BCUT2D eigenvalue weighted by Crippen LogP contribution is 2.25. The quantitative estimate of drug-likeness (QED) is 0.869. The third-order valence-corrected chi connectivity index (χ3v) is 3.83. The van der Waals surface area contributed by atoms with Crippen molar-refractivity contribution in [2.75, 3.05) is 11.9 Å². The van der Waals surface area contributed by atoms with Crippen molar-refractivity contribution in [3.05, 3.63) is 51.9 Å². The summed E-state index contributed by atoms with van der Waals surface area (Å²) in [6.07, 6.45) is 0. The molecule has 3 rings (SSSR count). The molecule has 0 radical (unpaired) electrons. The summed E-state index contributed by atoms with van der Waals surface area (Å²) >= 11 is 0. The average Bonchev–Trinajstić information content (AvgIpc) is 2.75. The lowest BCUT2D eigenvalue weighted by Gasteiger charge is -2.16. The van der Waals surface area contributed by atoms with Gasteiger partial charge in [0.2, 0.25) is 5.88 Å². The minimum atomic E-state index is -0.691. The molecule has 0 saturated heterocycles. The molecule has 0 spiro atoms. The number of benzene rings is 1. The van der Waals surface area contributed by atoms with Gasteiger partial charge in [-0.1, -0.05) is 0 Å². The molecule has 1 aliphatic heterocycles. The van der Waals surface area contributed by atoms with Crippen molar-refractivity contribution < 1.29 is 13.5 Å². The van der Waals surface area contributed by atoms with E-state index in [9.17, 15) is 13.6 Å². The van der Waals surface area contributed by atoms with Gasteiger partial charge in [-0.3, -0.25) is 4.57 Å². The highest BCUT2D eigenvalue weighted by molar-refractivity contribution is 5.45. The predicted octanol–water partition coefficient (Wildman–Crippen LogP) is 1.94.